The Hall–Kier alpha value is -0.960. The molecule has 2 aliphatic rings. The van der Waals surface area contributed by atoms with Crippen LogP contribution in [0.15, 0.2) is 6.20 Å². The van der Waals surface area contributed by atoms with Gasteiger partial charge in [-0.3, -0.25) is 9.97 Å². The molecule has 0 aliphatic heterocycles. The van der Waals surface area contributed by atoms with Crippen LogP contribution in [0, 0.1) is 0 Å². The summed E-state index contributed by atoms with van der Waals surface area (Å²) in [5.74, 6) is 1.34. The third-order valence-electron chi connectivity index (χ3n) is 3.95. The van der Waals surface area contributed by atoms with Crippen molar-refractivity contribution in [2.24, 2.45) is 5.73 Å². The average Bonchev–Trinajstić information content (AvgIpc) is 2.97. The van der Waals surface area contributed by atoms with Crippen LogP contribution in [-0.2, 0) is 5.54 Å². The quantitative estimate of drug-likeness (QED) is 0.870. The molecule has 3 nitrogen and oxygen atoms in total. The molecule has 2 saturated carbocycles. The van der Waals surface area contributed by atoms with Crippen molar-refractivity contribution < 1.29 is 0 Å². The van der Waals surface area contributed by atoms with Gasteiger partial charge in [-0.05, 0) is 39.5 Å². The summed E-state index contributed by atoms with van der Waals surface area (Å²) in [6.07, 6.45) is 8.38. The van der Waals surface area contributed by atoms with Crippen molar-refractivity contribution >= 4 is 0 Å². The molecule has 0 radical (unpaired) electrons. The van der Waals surface area contributed by atoms with Crippen molar-refractivity contribution in [3.8, 4) is 0 Å². The molecule has 0 saturated heterocycles. The molecule has 17 heavy (non-hydrogen) atoms. The van der Waals surface area contributed by atoms with Crippen LogP contribution in [0.1, 0.15) is 74.9 Å². The zero-order valence-electron chi connectivity index (χ0n) is 10.7. The number of aromatic nitrogens is 2. The molecular weight excluding hydrogens is 210 g/mol. The van der Waals surface area contributed by atoms with Gasteiger partial charge in [-0.2, -0.15) is 0 Å². The smallest absolute Gasteiger partial charge is 0.0783 e. The van der Waals surface area contributed by atoms with Crippen LogP contribution in [0.4, 0.5) is 0 Å². The van der Waals surface area contributed by atoms with Gasteiger partial charge in [0.25, 0.3) is 0 Å². The third-order valence-corrected chi connectivity index (χ3v) is 3.95. The fourth-order valence-electron chi connectivity index (χ4n) is 2.38. The highest BCUT2D eigenvalue weighted by atomic mass is 14.9. The van der Waals surface area contributed by atoms with Crippen molar-refractivity contribution in [3.05, 3.63) is 23.3 Å². The van der Waals surface area contributed by atoms with Gasteiger partial charge >= 0.3 is 0 Å². The maximum atomic E-state index is 6.12. The minimum Gasteiger partial charge on any atom is -0.321 e. The molecule has 1 aromatic heterocycles. The zero-order valence-corrected chi connectivity index (χ0v) is 10.7. The first-order valence-corrected chi connectivity index (χ1v) is 6.72. The van der Waals surface area contributed by atoms with Crippen molar-refractivity contribution in [1.29, 1.82) is 0 Å². The van der Waals surface area contributed by atoms with Gasteiger partial charge in [0.2, 0.25) is 0 Å². The molecule has 3 rings (SSSR count). The normalized spacial score (nSPS) is 21.4. The Morgan fingerprint density at radius 2 is 1.76 bits per heavy atom. The molecule has 0 aromatic carbocycles. The van der Waals surface area contributed by atoms with E-state index in [4.69, 9.17) is 10.7 Å². The second kappa shape index (κ2) is 3.77. The van der Waals surface area contributed by atoms with Crippen LogP contribution in [0.25, 0.3) is 0 Å². The van der Waals surface area contributed by atoms with Gasteiger partial charge < -0.3 is 5.73 Å². The molecule has 0 unspecified atom stereocenters. The molecule has 1 aromatic rings. The molecule has 2 N–H and O–H groups in total. The summed E-state index contributed by atoms with van der Waals surface area (Å²) in [6.45, 7) is 3.99. The topological polar surface area (TPSA) is 51.8 Å². The lowest BCUT2D eigenvalue weighted by Gasteiger charge is -2.27. The molecule has 2 fully saturated rings. The predicted molar refractivity (Wildman–Crippen MR) is 67.8 cm³/mol. The van der Waals surface area contributed by atoms with E-state index in [0.717, 1.165) is 5.69 Å². The van der Waals surface area contributed by atoms with E-state index in [1.165, 1.54) is 43.5 Å². The lowest BCUT2D eigenvalue weighted by atomic mass is 9.81. The summed E-state index contributed by atoms with van der Waals surface area (Å²) in [4.78, 5) is 9.51. The molecule has 0 atom stereocenters. The fourth-order valence-corrected chi connectivity index (χ4v) is 2.38. The minimum atomic E-state index is -0.380. The largest absolute Gasteiger partial charge is 0.321 e. The first kappa shape index (κ1) is 11.1. The maximum absolute atomic E-state index is 6.12. The standard InChI is InChI=1S/C14H21N3/c1-14(2,15)11-8-16-12(9-4-3-5-9)13(17-11)10-6-7-10/h8-10H,3-7,15H2,1-2H3. The Bertz CT molecular complexity index is 426. The highest BCUT2D eigenvalue weighted by molar-refractivity contribution is 5.28. The molecular formula is C14H21N3. The van der Waals surface area contributed by atoms with Crippen LogP contribution in [0.2, 0.25) is 0 Å². The van der Waals surface area contributed by atoms with Crippen LogP contribution in [0.3, 0.4) is 0 Å². The molecule has 92 valence electrons. The van der Waals surface area contributed by atoms with Crippen molar-refractivity contribution in [2.75, 3.05) is 0 Å². The van der Waals surface area contributed by atoms with E-state index in [-0.39, 0.29) is 5.54 Å². The predicted octanol–water partition coefficient (Wildman–Crippen LogP) is 2.82. The number of nitrogens with zero attached hydrogens (tertiary/aromatic N) is 2. The first-order chi connectivity index (χ1) is 8.05. The van der Waals surface area contributed by atoms with Crippen molar-refractivity contribution in [3.63, 3.8) is 0 Å². The molecule has 1 heterocycles. The summed E-state index contributed by atoms with van der Waals surface area (Å²) in [5.41, 5.74) is 9.19. The third kappa shape index (κ3) is 2.08. The van der Waals surface area contributed by atoms with Gasteiger partial charge in [0, 0.05) is 11.8 Å². The van der Waals surface area contributed by atoms with Crippen LogP contribution >= 0.6 is 0 Å². The van der Waals surface area contributed by atoms with Gasteiger partial charge in [-0.1, -0.05) is 6.42 Å². The summed E-state index contributed by atoms with van der Waals surface area (Å²) in [5, 5.41) is 0. The lowest BCUT2D eigenvalue weighted by molar-refractivity contribution is 0.404. The molecule has 0 amide bonds. The second-order valence-electron chi connectivity index (χ2n) is 6.15. The van der Waals surface area contributed by atoms with Crippen LogP contribution in [0.5, 0.6) is 0 Å². The fraction of sp³-hybridized carbons (Fsp3) is 0.714. The zero-order chi connectivity index (χ0) is 12.0. The monoisotopic (exact) mass is 231 g/mol. The van der Waals surface area contributed by atoms with E-state index >= 15 is 0 Å². The van der Waals surface area contributed by atoms with Crippen LogP contribution in [-0.4, -0.2) is 9.97 Å². The number of nitrogens with two attached hydrogens (primary N) is 1. The van der Waals surface area contributed by atoms with E-state index in [1.54, 1.807) is 0 Å². The van der Waals surface area contributed by atoms with Gasteiger partial charge in [-0.15, -0.1) is 0 Å². The van der Waals surface area contributed by atoms with Crippen molar-refractivity contribution in [2.45, 2.75) is 63.3 Å². The highest BCUT2D eigenvalue weighted by Gasteiger charge is 2.34. The number of hydrogen-bond acceptors (Lipinski definition) is 3. The Morgan fingerprint density at radius 3 is 2.24 bits per heavy atom. The van der Waals surface area contributed by atoms with E-state index < -0.39 is 0 Å². The Kier molecular flexibility index (Phi) is 2.47. The Labute approximate surface area is 103 Å². The van der Waals surface area contributed by atoms with Gasteiger partial charge in [-0.25, -0.2) is 0 Å². The van der Waals surface area contributed by atoms with Crippen molar-refractivity contribution in [1.82, 2.24) is 9.97 Å². The molecule has 0 bridgehead atoms. The average molecular weight is 231 g/mol. The summed E-state index contributed by atoms with van der Waals surface area (Å²) in [6, 6.07) is 0. The lowest BCUT2D eigenvalue weighted by Crippen LogP contribution is -2.31. The van der Waals surface area contributed by atoms with Gasteiger partial charge in [0.15, 0.2) is 0 Å². The Balaban J connectivity index is 1.99. The highest BCUT2D eigenvalue weighted by Crippen LogP contribution is 2.45. The summed E-state index contributed by atoms with van der Waals surface area (Å²) in [7, 11) is 0. The second-order valence-corrected chi connectivity index (χ2v) is 6.15. The number of hydrogen-bond donors (Lipinski definition) is 1. The molecule has 3 heteroatoms. The van der Waals surface area contributed by atoms with Gasteiger partial charge in [0.1, 0.15) is 0 Å². The molecule has 2 aliphatic carbocycles. The number of rotatable bonds is 3. The SMILES string of the molecule is CC(C)(N)c1cnc(C2CCC2)c(C2CC2)n1. The van der Waals surface area contributed by atoms with Crippen LogP contribution < -0.4 is 5.73 Å². The maximum Gasteiger partial charge on any atom is 0.0783 e. The van der Waals surface area contributed by atoms with Gasteiger partial charge in [0.05, 0.1) is 28.8 Å². The summed E-state index contributed by atoms with van der Waals surface area (Å²) >= 11 is 0. The minimum absolute atomic E-state index is 0.380. The van der Waals surface area contributed by atoms with E-state index in [0.29, 0.717) is 11.8 Å². The van der Waals surface area contributed by atoms with E-state index in [9.17, 15) is 0 Å². The first-order valence-electron chi connectivity index (χ1n) is 6.72. The van der Waals surface area contributed by atoms with E-state index in [2.05, 4.69) is 4.98 Å². The molecule has 0 spiro atoms. The Morgan fingerprint density at radius 1 is 1.12 bits per heavy atom. The summed E-state index contributed by atoms with van der Waals surface area (Å²) < 4.78 is 0. The van der Waals surface area contributed by atoms with E-state index in [1.807, 2.05) is 20.0 Å².